The van der Waals surface area contributed by atoms with E-state index >= 15 is 0 Å². The Kier molecular flexibility index (Phi) is 5.93. The van der Waals surface area contributed by atoms with Gasteiger partial charge in [-0.2, -0.15) is 0 Å². The number of hydrogen-bond donors (Lipinski definition) is 0. The molecule has 3 nitrogen and oxygen atoms in total. The summed E-state index contributed by atoms with van der Waals surface area (Å²) in [6.07, 6.45) is 2.17. The lowest BCUT2D eigenvalue weighted by Crippen LogP contribution is -2.37. The average molecular weight is 409 g/mol. The number of carbonyl (C=O) groups is 1. The first-order valence-electron chi connectivity index (χ1n) is 8.03. The fourth-order valence-electron chi connectivity index (χ4n) is 2.87. The number of halogens is 2. The molecule has 0 bridgehead atoms. The highest BCUT2D eigenvalue weighted by atomic mass is 79.9. The third-order valence-corrected chi connectivity index (χ3v) is 5.07. The molecule has 0 saturated carbocycles. The van der Waals surface area contributed by atoms with Crippen molar-refractivity contribution >= 4 is 33.4 Å². The molecule has 0 aliphatic carbocycles. The summed E-state index contributed by atoms with van der Waals surface area (Å²) < 4.78 is 6.54. The summed E-state index contributed by atoms with van der Waals surface area (Å²) in [5.41, 5.74) is 1.72. The molecule has 0 spiro atoms. The normalized spacial score (nSPS) is 17.0. The Hall–Kier alpha value is -1.36. The molecule has 1 aliphatic heterocycles. The first kappa shape index (κ1) is 17.5. The molecule has 3 rings (SSSR count). The van der Waals surface area contributed by atoms with Crippen molar-refractivity contribution in [3.8, 4) is 0 Å². The predicted molar refractivity (Wildman–Crippen MR) is 99.3 cm³/mol. The molecule has 126 valence electrons. The van der Waals surface area contributed by atoms with Crippen molar-refractivity contribution in [2.24, 2.45) is 0 Å². The maximum absolute atomic E-state index is 13.0. The van der Waals surface area contributed by atoms with Crippen LogP contribution in [0.3, 0.4) is 0 Å². The highest BCUT2D eigenvalue weighted by Gasteiger charge is 2.24. The summed E-state index contributed by atoms with van der Waals surface area (Å²) >= 11 is 9.43. The first-order chi connectivity index (χ1) is 11.6. The van der Waals surface area contributed by atoms with E-state index in [1.165, 1.54) is 0 Å². The number of ether oxygens (including phenoxy) is 1. The van der Waals surface area contributed by atoms with Crippen molar-refractivity contribution in [2.45, 2.75) is 25.5 Å². The van der Waals surface area contributed by atoms with Crippen molar-refractivity contribution in [2.75, 3.05) is 13.2 Å². The number of nitrogens with zero attached hydrogens (tertiary/aromatic N) is 1. The summed E-state index contributed by atoms with van der Waals surface area (Å²) in [5.74, 6) is 0.00734. The molecule has 1 unspecified atom stereocenters. The molecule has 1 fully saturated rings. The van der Waals surface area contributed by atoms with Crippen molar-refractivity contribution in [3.63, 3.8) is 0 Å². The zero-order valence-corrected chi connectivity index (χ0v) is 15.6. The van der Waals surface area contributed by atoms with E-state index in [2.05, 4.69) is 15.9 Å². The van der Waals surface area contributed by atoms with Gasteiger partial charge in [0, 0.05) is 29.2 Å². The second-order valence-corrected chi connectivity index (χ2v) is 7.22. The van der Waals surface area contributed by atoms with Crippen LogP contribution in [0.25, 0.3) is 0 Å². The maximum atomic E-state index is 13.0. The van der Waals surface area contributed by atoms with Gasteiger partial charge in [0.25, 0.3) is 5.91 Å². The van der Waals surface area contributed by atoms with Gasteiger partial charge >= 0.3 is 0 Å². The van der Waals surface area contributed by atoms with Gasteiger partial charge < -0.3 is 9.64 Å². The Labute approximate surface area is 155 Å². The van der Waals surface area contributed by atoms with Gasteiger partial charge in [0.05, 0.1) is 11.7 Å². The second kappa shape index (κ2) is 8.15. The van der Waals surface area contributed by atoms with E-state index in [1.54, 1.807) is 0 Å². The third kappa shape index (κ3) is 4.38. The molecule has 1 saturated heterocycles. The summed E-state index contributed by atoms with van der Waals surface area (Å²) in [7, 11) is 0. The van der Waals surface area contributed by atoms with Gasteiger partial charge in [0.15, 0.2) is 0 Å². The maximum Gasteiger partial charge on any atom is 0.255 e. The van der Waals surface area contributed by atoms with Crippen LogP contribution in [0.5, 0.6) is 0 Å². The zero-order chi connectivity index (χ0) is 16.9. The zero-order valence-electron chi connectivity index (χ0n) is 13.3. The second-order valence-electron chi connectivity index (χ2n) is 5.93. The summed E-state index contributed by atoms with van der Waals surface area (Å²) in [5, 5.41) is 0.696. The molecule has 1 heterocycles. The Balaban J connectivity index is 1.81. The quantitative estimate of drug-likeness (QED) is 0.702. The lowest BCUT2D eigenvalue weighted by Gasteiger charge is -2.26. The van der Waals surface area contributed by atoms with Crippen LogP contribution < -0.4 is 0 Å². The van der Waals surface area contributed by atoms with Gasteiger partial charge in [-0.15, -0.1) is 0 Å². The molecular weight excluding hydrogens is 390 g/mol. The topological polar surface area (TPSA) is 29.5 Å². The molecule has 1 aliphatic rings. The number of rotatable bonds is 5. The van der Waals surface area contributed by atoms with Crippen molar-refractivity contribution < 1.29 is 9.53 Å². The molecular formula is C19H19BrClNO2. The monoisotopic (exact) mass is 407 g/mol. The van der Waals surface area contributed by atoms with Crippen LogP contribution >= 0.6 is 27.5 Å². The smallest absolute Gasteiger partial charge is 0.255 e. The molecule has 0 N–H and O–H groups in total. The lowest BCUT2D eigenvalue weighted by atomic mass is 10.1. The Morgan fingerprint density at radius 1 is 1.21 bits per heavy atom. The van der Waals surface area contributed by atoms with E-state index in [4.69, 9.17) is 16.3 Å². The van der Waals surface area contributed by atoms with Crippen LogP contribution in [0.2, 0.25) is 5.02 Å². The van der Waals surface area contributed by atoms with Gasteiger partial charge in [-0.3, -0.25) is 4.79 Å². The highest BCUT2D eigenvalue weighted by Crippen LogP contribution is 2.22. The number of hydrogen-bond acceptors (Lipinski definition) is 2. The van der Waals surface area contributed by atoms with Crippen LogP contribution in [0, 0.1) is 0 Å². The third-order valence-electron chi connectivity index (χ3n) is 4.13. The van der Waals surface area contributed by atoms with Crippen molar-refractivity contribution in [1.29, 1.82) is 0 Å². The van der Waals surface area contributed by atoms with Crippen molar-refractivity contribution in [3.05, 3.63) is 69.2 Å². The van der Waals surface area contributed by atoms with E-state index in [0.29, 0.717) is 23.7 Å². The van der Waals surface area contributed by atoms with Gasteiger partial charge in [0.1, 0.15) is 0 Å². The minimum Gasteiger partial charge on any atom is -0.376 e. The van der Waals surface area contributed by atoms with Gasteiger partial charge in [-0.1, -0.05) is 35.9 Å². The first-order valence-corrected chi connectivity index (χ1v) is 9.20. The average Bonchev–Trinajstić information content (AvgIpc) is 3.09. The van der Waals surface area contributed by atoms with Crippen LogP contribution in [0.1, 0.15) is 28.8 Å². The van der Waals surface area contributed by atoms with Crippen LogP contribution in [0.4, 0.5) is 0 Å². The van der Waals surface area contributed by atoms with E-state index in [-0.39, 0.29) is 12.0 Å². The Morgan fingerprint density at radius 2 is 1.96 bits per heavy atom. The highest BCUT2D eigenvalue weighted by molar-refractivity contribution is 9.10. The van der Waals surface area contributed by atoms with Gasteiger partial charge in [-0.05, 0) is 58.6 Å². The standard InChI is InChI=1S/C19H19BrClNO2/c20-18-6-2-1-5-17(18)19(23)22(13-16-4-3-11-24-16)12-14-7-9-15(21)10-8-14/h1-2,5-10,16H,3-4,11-13H2. The molecule has 5 heteroatoms. The van der Waals surface area contributed by atoms with E-state index < -0.39 is 0 Å². The molecule has 24 heavy (non-hydrogen) atoms. The summed E-state index contributed by atoms with van der Waals surface area (Å²) in [6, 6.07) is 15.1. The van der Waals surface area contributed by atoms with Crippen LogP contribution in [-0.4, -0.2) is 30.1 Å². The van der Waals surface area contributed by atoms with Crippen molar-refractivity contribution in [1.82, 2.24) is 4.90 Å². The number of benzene rings is 2. The number of amides is 1. The fraction of sp³-hybridized carbons (Fsp3) is 0.316. The molecule has 0 aromatic heterocycles. The minimum absolute atomic E-state index is 0.00734. The summed E-state index contributed by atoms with van der Waals surface area (Å²) in [4.78, 5) is 14.9. The summed E-state index contributed by atoms with van der Waals surface area (Å²) in [6.45, 7) is 1.92. The van der Waals surface area contributed by atoms with E-state index in [9.17, 15) is 4.79 Å². The molecule has 1 atom stereocenters. The molecule has 2 aromatic rings. The molecule has 2 aromatic carbocycles. The molecule has 0 radical (unpaired) electrons. The lowest BCUT2D eigenvalue weighted by molar-refractivity contribution is 0.0506. The van der Waals surface area contributed by atoms with E-state index in [1.807, 2.05) is 53.4 Å². The molecule has 1 amide bonds. The predicted octanol–water partition coefficient (Wildman–Crippen LogP) is 4.92. The minimum atomic E-state index is 0.00734. The van der Waals surface area contributed by atoms with Gasteiger partial charge in [-0.25, -0.2) is 0 Å². The largest absolute Gasteiger partial charge is 0.376 e. The fourth-order valence-corrected chi connectivity index (χ4v) is 3.45. The number of carbonyl (C=O) groups excluding carboxylic acids is 1. The van der Waals surface area contributed by atoms with Crippen LogP contribution in [0.15, 0.2) is 53.0 Å². The Bertz CT molecular complexity index is 699. The van der Waals surface area contributed by atoms with E-state index in [0.717, 1.165) is 29.5 Å². The van der Waals surface area contributed by atoms with Crippen LogP contribution in [-0.2, 0) is 11.3 Å². The Morgan fingerprint density at radius 3 is 2.62 bits per heavy atom. The van der Waals surface area contributed by atoms with Gasteiger partial charge in [0.2, 0.25) is 0 Å². The SMILES string of the molecule is O=C(c1ccccc1Br)N(Cc1ccc(Cl)cc1)CC1CCCO1.